The van der Waals surface area contributed by atoms with Crippen molar-refractivity contribution in [3.63, 3.8) is 0 Å². The molecule has 0 saturated heterocycles. The maximum absolute atomic E-state index is 11.4. The van der Waals surface area contributed by atoms with E-state index in [0.717, 1.165) is 12.8 Å². The molecule has 0 N–H and O–H groups in total. The second kappa shape index (κ2) is 4.81. The van der Waals surface area contributed by atoms with Gasteiger partial charge >= 0.3 is 0 Å². The van der Waals surface area contributed by atoms with Crippen molar-refractivity contribution in [2.75, 3.05) is 6.54 Å². The van der Waals surface area contributed by atoms with E-state index in [1.165, 1.54) is 16.7 Å². The van der Waals surface area contributed by atoms with Crippen LogP contribution in [0.25, 0.3) is 10.4 Å². The lowest BCUT2D eigenvalue weighted by Gasteiger charge is -2.06. The molecule has 1 aliphatic rings. The molecule has 0 unspecified atom stereocenters. The zero-order valence-corrected chi connectivity index (χ0v) is 9.02. The van der Waals surface area contributed by atoms with Crippen molar-refractivity contribution in [2.24, 2.45) is 5.11 Å². The fourth-order valence-electron chi connectivity index (χ4n) is 2.17. The third-order valence-corrected chi connectivity index (χ3v) is 2.90. The predicted octanol–water partition coefficient (Wildman–Crippen LogP) is 2.60. The number of hydrogen-bond donors (Lipinski definition) is 0. The van der Waals surface area contributed by atoms with Gasteiger partial charge in [-0.05, 0) is 35.1 Å². The number of ketones is 1. The van der Waals surface area contributed by atoms with Crippen LogP contribution in [0, 0.1) is 0 Å². The first-order chi connectivity index (χ1) is 7.81. The molecule has 0 aliphatic heterocycles. The molecular weight excluding hydrogens is 202 g/mol. The average molecular weight is 215 g/mol. The molecule has 0 amide bonds. The van der Waals surface area contributed by atoms with Gasteiger partial charge in [0.05, 0.1) is 0 Å². The van der Waals surface area contributed by atoms with Gasteiger partial charge in [0.2, 0.25) is 0 Å². The number of benzene rings is 1. The summed E-state index contributed by atoms with van der Waals surface area (Å²) in [5, 5.41) is 3.51. The fourth-order valence-corrected chi connectivity index (χ4v) is 2.17. The Morgan fingerprint density at radius 2 is 2.25 bits per heavy atom. The van der Waals surface area contributed by atoms with Gasteiger partial charge in [-0.3, -0.25) is 4.79 Å². The van der Waals surface area contributed by atoms with Crippen LogP contribution in [0.2, 0.25) is 0 Å². The monoisotopic (exact) mass is 215 g/mol. The summed E-state index contributed by atoms with van der Waals surface area (Å²) in [5.41, 5.74) is 11.8. The van der Waals surface area contributed by atoms with Crippen LogP contribution in [-0.2, 0) is 24.1 Å². The normalized spacial score (nSPS) is 13.4. The number of carbonyl (C=O) groups excluding carboxylic acids is 1. The van der Waals surface area contributed by atoms with Crippen LogP contribution in [0.4, 0.5) is 0 Å². The van der Waals surface area contributed by atoms with Crippen molar-refractivity contribution < 1.29 is 4.79 Å². The molecule has 0 radical (unpaired) electrons. The Morgan fingerprint density at radius 1 is 1.38 bits per heavy atom. The first kappa shape index (κ1) is 10.7. The number of Topliss-reactive ketones (excluding diaryl/α,β-unsaturated/α-hetero) is 1. The van der Waals surface area contributed by atoms with Gasteiger partial charge in [0.1, 0.15) is 5.78 Å². The van der Waals surface area contributed by atoms with E-state index in [9.17, 15) is 4.79 Å². The van der Waals surface area contributed by atoms with E-state index in [2.05, 4.69) is 16.1 Å². The van der Waals surface area contributed by atoms with E-state index in [1.807, 2.05) is 12.1 Å². The van der Waals surface area contributed by atoms with Crippen LogP contribution in [0.1, 0.15) is 23.1 Å². The van der Waals surface area contributed by atoms with E-state index in [0.29, 0.717) is 25.2 Å². The number of azide groups is 1. The Bertz CT molecular complexity index is 461. The summed E-state index contributed by atoms with van der Waals surface area (Å²) in [6.45, 7) is 0.522. The van der Waals surface area contributed by atoms with Gasteiger partial charge < -0.3 is 0 Å². The van der Waals surface area contributed by atoms with Crippen molar-refractivity contribution in [3.05, 3.63) is 45.3 Å². The SMILES string of the molecule is [N-]=[N+]=NCCCc1cccc2c1CC(=O)C2. The van der Waals surface area contributed by atoms with Gasteiger partial charge in [-0.15, -0.1) is 0 Å². The second-order valence-electron chi connectivity index (χ2n) is 4.01. The van der Waals surface area contributed by atoms with Crippen molar-refractivity contribution in [1.82, 2.24) is 0 Å². The average Bonchev–Trinajstić information content (AvgIpc) is 2.65. The molecule has 0 bridgehead atoms. The molecule has 16 heavy (non-hydrogen) atoms. The molecule has 0 fully saturated rings. The maximum atomic E-state index is 11.4. The van der Waals surface area contributed by atoms with E-state index >= 15 is 0 Å². The molecule has 0 saturated carbocycles. The van der Waals surface area contributed by atoms with E-state index in [1.54, 1.807) is 0 Å². The lowest BCUT2D eigenvalue weighted by atomic mass is 10.00. The van der Waals surface area contributed by atoms with Crippen molar-refractivity contribution in [1.29, 1.82) is 0 Å². The van der Waals surface area contributed by atoms with E-state index < -0.39 is 0 Å². The quantitative estimate of drug-likeness (QED) is 0.329. The van der Waals surface area contributed by atoms with Gasteiger partial charge in [-0.2, -0.15) is 0 Å². The summed E-state index contributed by atoms with van der Waals surface area (Å²) in [6, 6.07) is 6.09. The predicted molar refractivity (Wildman–Crippen MR) is 61.2 cm³/mol. The Balaban J connectivity index is 2.08. The molecule has 4 heteroatoms. The lowest BCUT2D eigenvalue weighted by molar-refractivity contribution is -0.117. The molecule has 1 aromatic rings. The minimum atomic E-state index is 0.303. The third kappa shape index (κ3) is 2.23. The molecule has 1 aromatic carbocycles. The van der Waals surface area contributed by atoms with Crippen LogP contribution >= 0.6 is 0 Å². The summed E-state index contributed by atoms with van der Waals surface area (Å²) in [7, 11) is 0. The Morgan fingerprint density at radius 3 is 3.06 bits per heavy atom. The highest BCUT2D eigenvalue weighted by atomic mass is 16.1. The van der Waals surface area contributed by atoms with Crippen LogP contribution in [0.15, 0.2) is 23.3 Å². The minimum absolute atomic E-state index is 0.303. The van der Waals surface area contributed by atoms with Gasteiger partial charge in [0, 0.05) is 24.3 Å². The first-order valence-electron chi connectivity index (χ1n) is 5.43. The summed E-state index contributed by atoms with van der Waals surface area (Å²) in [4.78, 5) is 14.1. The topological polar surface area (TPSA) is 65.8 Å². The lowest BCUT2D eigenvalue weighted by Crippen LogP contribution is -1.96. The van der Waals surface area contributed by atoms with E-state index in [4.69, 9.17) is 5.53 Å². The molecule has 82 valence electrons. The van der Waals surface area contributed by atoms with Crippen molar-refractivity contribution in [2.45, 2.75) is 25.7 Å². The highest BCUT2D eigenvalue weighted by Gasteiger charge is 2.20. The zero-order valence-electron chi connectivity index (χ0n) is 9.02. The smallest absolute Gasteiger partial charge is 0.141 e. The fraction of sp³-hybridized carbons (Fsp3) is 0.417. The molecule has 0 atom stereocenters. The number of nitrogens with zero attached hydrogens (tertiary/aromatic N) is 3. The molecule has 1 aliphatic carbocycles. The van der Waals surface area contributed by atoms with Gasteiger partial charge in [-0.25, -0.2) is 0 Å². The number of hydrogen-bond acceptors (Lipinski definition) is 2. The van der Waals surface area contributed by atoms with Crippen molar-refractivity contribution >= 4 is 5.78 Å². The molecule has 4 nitrogen and oxygen atoms in total. The standard InChI is InChI=1S/C12H13N3O/c13-15-14-6-2-5-9-3-1-4-10-7-11(16)8-12(9)10/h1,3-4H,2,5-8H2. The number of rotatable bonds is 4. The summed E-state index contributed by atoms with van der Waals surface area (Å²) in [6.07, 6.45) is 2.89. The second-order valence-corrected chi connectivity index (χ2v) is 4.01. The summed E-state index contributed by atoms with van der Waals surface area (Å²) >= 11 is 0. The number of fused-ring (bicyclic) bond motifs is 1. The minimum Gasteiger partial charge on any atom is -0.299 e. The summed E-state index contributed by atoms with van der Waals surface area (Å²) in [5.74, 6) is 0.303. The number of aryl methyl sites for hydroxylation is 1. The van der Waals surface area contributed by atoms with Crippen LogP contribution in [-0.4, -0.2) is 12.3 Å². The Labute approximate surface area is 93.9 Å². The van der Waals surface area contributed by atoms with E-state index in [-0.39, 0.29) is 0 Å². The Kier molecular flexibility index (Phi) is 3.22. The largest absolute Gasteiger partial charge is 0.299 e. The molecule has 2 rings (SSSR count). The van der Waals surface area contributed by atoms with Gasteiger partial charge in [-0.1, -0.05) is 23.3 Å². The van der Waals surface area contributed by atoms with Gasteiger partial charge in [0.25, 0.3) is 0 Å². The highest BCUT2D eigenvalue weighted by molar-refractivity contribution is 5.88. The van der Waals surface area contributed by atoms with Gasteiger partial charge in [0.15, 0.2) is 0 Å². The molecule has 0 heterocycles. The zero-order chi connectivity index (χ0) is 11.4. The molecule has 0 aromatic heterocycles. The highest BCUT2D eigenvalue weighted by Crippen LogP contribution is 2.24. The van der Waals surface area contributed by atoms with Crippen LogP contribution in [0.5, 0.6) is 0 Å². The van der Waals surface area contributed by atoms with Crippen LogP contribution < -0.4 is 0 Å². The molecular formula is C12H13N3O. The molecule has 0 spiro atoms. The van der Waals surface area contributed by atoms with Crippen LogP contribution in [0.3, 0.4) is 0 Å². The number of carbonyl (C=O) groups is 1. The first-order valence-corrected chi connectivity index (χ1v) is 5.43. The van der Waals surface area contributed by atoms with Crippen molar-refractivity contribution in [3.8, 4) is 0 Å². The maximum Gasteiger partial charge on any atom is 0.141 e. The summed E-state index contributed by atoms with van der Waals surface area (Å²) < 4.78 is 0. The Hall–Kier alpha value is -1.80. The third-order valence-electron chi connectivity index (χ3n) is 2.90.